The summed E-state index contributed by atoms with van der Waals surface area (Å²) in [5, 5.41) is 12.8. The summed E-state index contributed by atoms with van der Waals surface area (Å²) in [7, 11) is 0. The Morgan fingerprint density at radius 1 is 1.08 bits per heavy atom. The molecular weight excluding hydrogens is 340 g/mol. The van der Waals surface area contributed by atoms with Crippen LogP contribution in [0.5, 0.6) is 5.75 Å². The molecule has 2 aromatic carbocycles. The maximum absolute atomic E-state index is 12.7. The lowest BCUT2D eigenvalue weighted by Gasteiger charge is -2.22. The van der Waals surface area contributed by atoms with Crippen LogP contribution in [0.4, 0.5) is 10.5 Å². The number of phenolic OH excluding ortho intramolecular Hbond substituents is 1. The molecule has 0 aliphatic rings. The molecule has 0 unspecified atom stereocenters. The standard InChI is InChI=1S/C19H17ClN2O3/c20-15-3-1-4-16(11-15)21-19(24)22(13-18-5-2-10-25-18)12-14-6-8-17(23)9-7-14/h1-11,23H,12-13H2,(H,21,24). The molecule has 25 heavy (non-hydrogen) atoms. The minimum absolute atomic E-state index is 0.185. The monoisotopic (exact) mass is 356 g/mol. The van der Waals surface area contributed by atoms with Crippen LogP contribution in [0.25, 0.3) is 0 Å². The number of rotatable bonds is 5. The molecule has 1 heterocycles. The van der Waals surface area contributed by atoms with Crippen molar-refractivity contribution in [1.29, 1.82) is 0 Å². The van der Waals surface area contributed by atoms with Gasteiger partial charge in [0.1, 0.15) is 11.5 Å². The van der Waals surface area contributed by atoms with E-state index in [2.05, 4.69) is 5.32 Å². The Morgan fingerprint density at radius 2 is 1.88 bits per heavy atom. The number of furan rings is 1. The summed E-state index contributed by atoms with van der Waals surface area (Å²) in [4.78, 5) is 14.3. The maximum atomic E-state index is 12.7. The zero-order valence-electron chi connectivity index (χ0n) is 13.4. The fourth-order valence-corrected chi connectivity index (χ4v) is 2.57. The van der Waals surface area contributed by atoms with Gasteiger partial charge < -0.3 is 19.7 Å². The molecule has 128 valence electrons. The highest BCUT2D eigenvalue weighted by Crippen LogP contribution is 2.18. The summed E-state index contributed by atoms with van der Waals surface area (Å²) in [5.74, 6) is 0.865. The molecule has 0 saturated carbocycles. The normalized spacial score (nSPS) is 10.4. The summed E-state index contributed by atoms with van der Waals surface area (Å²) in [6.07, 6.45) is 1.57. The highest BCUT2D eigenvalue weighted by Gasteiger charge is 2.16. The maximum Gasteiger partial charge on any atom is 0.322 e. The number of carbonyl (C=O) groups excluding carboxylic acids is 1. The number of halogens is 1. The first-order chi connectivity index (χ1) is 12.1. The summed E-state index contributed by atoms with van der Waals surface area (Å²) in [5.41, 5.74) is 1.51. The molecule has 2 N–H and O–H groups in total. The van der Waals surface area contributed by atoms with Crippen molar-refractivity contribution >= 4 is 23.3 Å². The first-order valence-corrected chi connectivity index (χ1v) is 8.10. The number of anilines is 1. The highest BCUT2D eigenvalue weighted by molar-refractivity contribution is 6.30. The number of hydrogen-bond acceptors (Lipinski definition) is 3. The fraction of sp³-hybridized carbons (Fsp3) is 0.105. The summed E-state index contributed by atoms with van der Waals surface area (Å²) in [6, 6.07) is 17.0. The molecular formula is C19H17ClN2O3. The molecule has 3 aromatic rings. The van der Waals surface area contributed by atoms with E-state index in [1.54, 1.807) is 65.8 Å². The number of nitrogens with zero attached hydrogens (tertiary/aromatic N) is 1. The van der Waals surface area contributed by atoms with Gasteiger partial charge in [0.2, 0.25) is 0 Å². The first kappa shape index (κ1) is 16.9. The topological polar surface area (TPSA) is 65.7 Å². The van der Waals surface area contributed by atoms with Crippen LogP contribution in [0.1, 0.15) is 11.3 Å². The third-order valence-corrected chi connectivity index (χ3v) is 3.83. The van der Waals surface area contributed by atoms with Gasteiger partial charge in [-0.2, -0.15) is 0 Å². The first-order valence-electron chi connectivity index (χ1n) is 7.72. The van der Waals surface area contributed by atoms with E-state index in [1.165, 1.54) is 0 Å². The number of amides is 2. The van der Waals surface area contributed by atoms with Gasteiger partial charge in [-0.15, -0.1) is 0 Å². The van der Waals surface area contributed by atoms with Crippen LogP contribution in [0.2, 0.25) is 5.02 Å². The molecule has 2 amide bonds. The minimum atomic E-state index is -0.272. The third kappa shape index (κ3) is 4.78. The van der Waals surface area contributed by atoms with Crippen molar-refractivity contribution in [3.05, 3.63) is 83.3 Å². The number of urea groups is 1. The van der Waals surface area contributed by atoms with Gasteiger partial charge in [0.25, 0.3) is 0 Å². The van der Waals surface area contributed by atoms with Crippen LogP contribution >= 0.6 is 11.6 Å². The molecule has 0 aliphatic heterocycles. The van der Waals surface area contributed by atoms with Crippen molar-refractivity contribution in [2.75, 3.05) is 5.32 Å². The summed E-state index contributed by atoms with van der Waals surface area (Å²) >= 11 is 5.96. The van der Waals surface area contributed by atoms with Gasteiger partial charge in [-0.05, 0) is 48.0 Å². The molecule has 0 aliphatic carbocycles. The fourth-order valence-electron chi connectivity index (χ4n) is 2.38. The van der Waals surface area contributed by atoms with E-state index in [0.717, 1.165) is 5.56 Å². The second-order valence-electron chi connectivity index (χ2n) is 5.54. The molecule has 6 heteroatoms. The molecule has 0 fully saturated rings. The van der Waals surface area contributed by atoms with Crippen molar-refractivity contribution in [2.24, 2.45) is 0 Å². The van der Waals surface area contributed by atoms with Crippen molar-refractivity contribution in [3.8, 4) is 5.75 Å². The Balaban J connectivity index is 1.77. The van der Waals surface area contributed by atoms with Crippen molar-refractivity contribution in [1.82, 2.24) is 4.90 Å². The van der Waals surface area contributed by atoms with Crippen LogP contribution in [0.15, 0.2) is 71.3 Å². The number of carbonyl (C=O) groups is 1. The lowest BCUT2D eigenvalue weighted by atomic mass is 10.2. The van der Waals surface area contributed by atoms with Crippen molar-refractivity contribution in [3.63, 3.8) is 0 Å². The number of aromatic hydroxyl groups is 1. The quantitative estimate of drug-likeness (QED) is 0.685. The van der Waals surface area contributed by atoms with E-state index in [-0.39, 0.29) is 11.8 Å². The number of hydrogen-bond donors (Lipinski definition) is 2. The zero-order chi connectivity index (χ0) is 17.6. The van der Waals surface area contributed by atoms with Gasteiger partial charge in [-0.1, -0.05) is 29.8 Å². The van der Waals surface area contributed by atoms with Crippen LogP contribution in [-0.4, -0.2) is 16.0 Å². The molecule has 3 rings (SSSR count). The second-order valence-corrected chi connectivity index (χ2v) is 5.98. The van der Waals surface area contributed by atoms with Crippen LogP contribution in [0, 0.1) is 0 Å². The SMILES string of the molecule is O=C(Nc1cccc(Cl)c1)N(Cc1ccc(O)cc1)Cc1ccco1. The predicted octanol–water partition coefficient (Wildman–Crippen LogP) is 4.87. The van der Waals surface area contributed by atoms with Gasteiger partial charge in [-0.25, -0.2) is 4.79 Å². The van der Waals surface area contributed by atoms with E-state index in [1.807, 2.05) is 6.07 Å². The predicted molar refractivity (Wildman–Crippen MR) is 96.5 cm³/mol. The lowest BCUT2D eigenvalue weighted by Crippen LogP contribution is -2.33. The Hall–Kier alpha value is -2.92. The average Bonchev–Trinajstić information content (AvgIpc) is 3.09. The van der Waals surface area contributed by atoms with Crippen LogP contribution < -0.4 is 5.32 Å². The summed E-state index contributed by atoms with van der Waals surface area (Å²) in [6.45, 7) is 0.688. The van der Waals surface area contributed by atoms with E-state index >= 15 is 0 Å². The Labute approximate surface area is 150 Å². The van der Waals surface area contributed by atoms with E-state index in [0.29, 0.717) is 29.6 Å². The number of benzene rings is 2. The largest absolute Gasteiger partial charge is 0.508 e. The lowest BCUT2D eigenvalue weighted by molar-refractivity contribution is 0.201. The van der Waals surface area contributed by atoms with Gasteiger partial charge >= 0.3 is 6.03 Å². The van der Waals surface area contributed by atoms with Gasteiger partial charge in [0, 0.05) is 17.3 Å². The van der Waals surface area contributed by atoms with Crippen LogP contribution in [0.3, 0.4) is 0 Å². The molecule has 1 aromatic heterocycles. The van der Waals surface area contributed by atoms with E-state index in [9.17, 15) is 9.90 Å². The molecule has 5 nitrogen and oxygen atoms in total. The molecule has 0 spiro atoms. The second kappa shape index (κ2) is 7.77. The third-order valence-electron chi connectivity index (χ3n) is 3.60. The number of nitrogens with one attached hydrogen (secondary N) is 1. The Kier molecular flexibility index (Phi) is 5.26. The zero-order valence-corrected chi connectivity index (χ0v) is 14.1. The minimum Gasteiger partial charge on any atom is -0.508 e. The van der Waals surface area contributed by atoms with E-state index < -0.39 is 0 Å². The van der Waals surface area contributed by atoms with Gasteiger partial charge in [0.15, 0.2) is 0 Å². The van der Waals surface area contributed by atoms with Crippen molar-refractivity contribution < 1.29 is 14.3 Å². The molecule has 0 bridgehead atoms. The van der Waals surface area contributed by atoms with Gasteiger partial charge in [-0.3, -0.25) is 0 Å². The highest BCUT2D eigenvalue weighted by atomic mass is 35.5. The average molecular weight is 357 g/mol. The van der Waals surface area contributed by atoms with Crippen LogP contribution in [-0.2, 0) is 13.1 Å². The smallest absolute Gasteiger partial charge is 0.322 e. The van der Waals surface area contributed by atoms with Crippen molar-refractivity contribution in [2.45, 2.75) is 13.1 Å². The molecule has 0 radical (unpaired) electrons. The Bertz CT molecular complexity index is 832. The Morgan fingerprint density at radius 3 is 2.56 bits per heavy atom. The summed E-state index contributed by atoms with van der Waals surface area (Å²) < 4.78 is 5.36. The molecule has 0 saturated heterocycles. The van der Waals surface area contributed by atoms with Gasteiger partial charge in [0.05, 0.1) is 12.8 Å². The molecule has 0 atom stereocenters. The van der Waals surface area contributed by atoms with E-state index in [4.69, 9.17) is 16.0 Å². The number of phenols is 1.